The van der Waals surface area contributed by atoms with Gasteiger partial charge in [0.2, 0.25) is 5.91 Å². The fourth-order valence-corrected chi connectivity index (χ4v) is 2.78. The van der Waals surface area contributed by atoms with E-state index in [1.165, 1.54) is 4.90 Å². The van der Waals surface area contributed by atoms with Gasteiger partial charge in [0.15, 0.2) is 0 Å². The van der Waals surface area contributed by atoms with Gasteiger partial charge in [-0.2, -0.15) is 0 Å². The number of fused-ring (bicyclic) bond motifs is 1. The summed E-state index contributed by atoms with van der Waals surface area (Å²) < 4.78 is 0. The molecule has 0 atom stereocenters. The first-order chi connectivity index (χ1) is 8.74. The zero-order valence-electron chi connectivity index (χ0n) is 9.63. The summed E-state index contributed by atoms with van der Waals surface area (Å²) in [5.41, 5.74) is 0.984. The lowest BCUT2D eigenvalue weighted by Crippen LogP contribution is -2.27. The molecule has 0 radical (unpaired) electrons. The average molecular weight is 257 g/mol. The Hall–Kier alpha value is -1.81. The molecule has 1 fully saturated rings. The zero-order valence-corrected chi connectivity index (χ0v) is 10.4. The number of hydrogen-bond acceptors (Lipinski definition) is 3. The molecule has 18 heavy (non-hydrogen) atoms. The van der Waals surface area contributed by atoms with Crippen LogP contribution in [-0.4, -0.2) is 21.8 Å². The summed E-state index contributed by atoms with van der Waals surface area (Å²) in [4.78, 5) is 24.4. The van der Waals surface area contributed by atoms with Gasteiger partial charge >= 0.3 is 0 Å². The monoisotopic (exact) mass is 257 g/mol. The van der Waals surface area contributed by atoms with Crippen molar-refractivity contribution in [3.8, 4) is 0 Å². The van der Waals surface area contributed by atoms with Crippen molar-refractivity contribution < 1.29 is 9.59 Å². The number of carbonyl (C=O) groups is 2. The van der Waals surface area contributed by atoms with Gasteiger partial charge in [-0.05, 0) is 22.4 Å². The maximum absolute atomic E-state index is 11.5. The highest BCUT2D eigenvalue weighted by Gasteiger charge is 2.29. The first-order valence-electron chi connectivity index (χ1n) is 5.69. The van der Waals surface area contributed by atoms with Crippen molar-refractivity contribution in [1.29, 1.82) is 0 Å². The van der Waals surface area contributed by atoms with E-state index >= 15 is 0 Å². The topological polar surface area (TPSA) is 37.4 Å². The SMILES string of the molecule is O=C1CSC(=O)N1Cc1ccc2ccccc2c1. The molecule has 1 aliphatic rings. The molecule has 0 unspecified atom stereocenters. The third kappa shape index (κ3) is 1.99. The van der Waals surface area contributed by atoms with Crippen molar-refractivity contribution in [2.24, 2.45) is 0 Å². The molecule has 3 rings (SSSR count). The average Bonchev–Trinajstić information content (AvgIpc) is 2.70. The largest absolute Gasteiger partial charge is 0.289 e. The minimum Gasteiger partial charge on any atom is -0.273 e. The maximum atomic E-state index is 11.5. The Morgan fingerprint density at radius 1 is 1.06 bits per heavy atom. The van der Waals surface area contributed by atoms with Crippen molar-refractivity contribution in [3.63, 3.8) is 0 Å². The summed E-state index contributed by atoms with van der Waals surface area (Å²) in [7, 11) is 0. The summed E-state index contributed by atoms with van der Waals surface area (Å²) >= 11 is 1.07. The molecular formula is C14H11NO2S. The molecule has 0 aliphatic carbocycles. The van der Waals surface area contributed by atoms with E-state index in [9.17, 15) is 9.59 Å². The maximum Gasteiger partial charge on any atom is 0.289 e. The van der Waals surface area contributed by atoms with Gasteiger partial charge in [-0.1, -0.05) is 48.2 Å². The standard InChI is InChI=1S/C14H11NO2S/c16-13-9-18-14(17)15(13)8-10-5-6-11-3-1-2-4-12(11)7-10/h1-7H,8-9H2. The van der Waals surface area contributed by atoms with Gasteiger partial charge in [0.1, 0.15) is 0 Å². The molecule has 0 saturated carbocycles. The molecule has 0 aromatic heterocycles. The van der Waals surface area contributed by atoms with E-state index in [4.69, 9.17) is 0 Å². The van der Waals surface area contributed by atoms with Gasteiger partial charge in [-0.3, -0.25) is 14.5 Å². The Balaban J connectivity index is 1.91. The van der Waals surface area contributed by atoms with Crippen LogP contribution < -0.4 is 0 Å². The van der Waals surface area contributed by atoms with Crippen molar-refractivity contribution in [1.82, 2.24) is 4.90 Å². The smallest absolute Gasteiger partial charge is 0.273 e. The van der Waals surface area contributed by atoms with Crippen LogP contribution in [0.3, 0.4) is 0 Å². The van der Waals surface area contributed by atoms with E-state index in [0.717, 1.165) is 28.1 Å². The Morgan fingerprint density at radius 3 is 2.56 bits per heavy atom. The molecule has 2 aromatic rings. The first kappa shape index (κ1) is 11.3. The number of thioether (sulfide) groups is 1. The third-order valence-electron chi connectivity index (χ3n) is 3.00. The molecule has 0 spiro atoms. The van der Waals surface area contributed by atoms with Gasteiger partial charge < -0.3 is 0 Å². The van der Waals surface area contributed by atoms with Gasteiger partial charge in [0.25, 0.3) is 5.24 Å². The van der Waals surface area contributed by atoms with Crippen LogP contribution >= 0.6 is 11.8 Å². The zero-order chi connectivity index (χ0) is 12.5. The molecule has 4 heteroatoms. The van der Waals surface area contributed by atoms with Gasteiger partial charge in [0, 0.05) is 0 Å². The van der Waals surface area contributed by atoms with E-state index in [-0.39, 0.29) is 16.9 Å². The van der Waals surface area contributed by atoms with E-state index in [0.29, 0.717) is 6.54 Å². The van der Waals surface area contributed by atoms with Gasteiger partial charge in [-0.15, -0.1) is 0 Å². The number of amides is 2. The Bertz CT molecular complexity index is 622. The molecule has 3 nitrogen and oxygen atoms in total. The van der Waals surface area contributed by atoms with Crippen LogP contribution in [0.4, 0.5) is 4.79 Å². The molecule has 1 saturated heterocycles. The van der Waals surface area contributed by atoms with Crippen LogP contribution in [0.25, 0.3) is 10.8 Å². The van der Waals surface area contributed by atoms with E-state index < -0.39 is 0 Å². The number of rotatable bonds is 2. The quantitative estimate of drug-likeness (QED) is 0.829. The third-order valence-corrected chi connectivity index (χ3v) is 3.85. The highest BCUT2D eigenvalue weighted by atomic mass is 32.2. The number of carbonyl (C=O) groups excluding carboxylic acids is 2. The normalized spacial score (nSPS) is 15.7. The van der Waals surface area contributed by atoms with E-state index in [1.807, 2.05) is 42.5 Å². The molecule has 1 aliphatic heterocycles. The van der Waals surface area contributed by atoms with Crippen molar-refractivity contribution in [3.05, 3.63) is 48.0 Å². The molecule has 2 amide bonds. The van der Waals surface area contributed by atoms with Gasteiger partial charge in [-0.25, -0.2) is 0 Å². The van der Waals surface area contributed by atoms with Crippen LogP contribution in [0.15, 0.2) is 42.5 Å². The molecule has 0 bridgehead atoms. The molecule has 0 N–H and O–H groups in total. The van der Waals surface area contributed by atoms with E-state index in [2.05, 4.69) is 0 Å². The molecular weight excluding hydrogens is 246 g/mol. The predicted octanol–water partition coefficient (Wildman–Crippen LogP) is 3.04. The minimum absolute atomic E-state index is 0.0989. The fourth-order valence-electron chi connectivity index (χ4n) is 2.05. The lowest BCUT2D eigenvalue weighted by Gasteiger charge is -2.13. The molecule has 90 valence electrons. The Morgan fingerprint density at radius 2 is 1.83 bits per heavy atom. The second-order valence-electron chi connectivity index (χ2n) is 4.22. The van der Waals surface area contributed by atoms with Crippen LogP contribution in [0.5, 0.6) is 0 Å². The summed E-state index contributed by atoms with van der Waals surface area (Å²) in [6.45, 7) is 0.371. The number of imide groups is 1. The number of nitrogens with zero attached hydrogens (tertiary/aromatic N) is 1. The summed E-state index contributed by atoms with van der Waals surface area (Å²) in [5.74, 6) is 0.171. The van der Waals surface area contributed by atoms with Crippen molar-refractivity contribution >= 4 is 33.7 Å². The van der Waals surface area contributed by atoms with Crippen LogP contribution in [0, 0.1) is 0 Å². The minimum atomic E-state index is -0.145. The highest BCUT2D eigenvalue weighted by Crippen LogP contribution is 2.23. The van der Waals surface area contributed by atoms with Crippen molar-refractivity contribution in [2.75, 3.05) is 5.75 Å². The summed E-state index contributed by atoms with van der Waals surface area (Å²) in [6, 6.07) is 14.1. The lowest BCUT2D eigenvalue weighted by molar-refractivity contribution is -0.125. The lowest BCUT2D eigenvalue weighted by atomic mass is 10.1. The molecule has 1 heterocycles. The summed E-state index contributed by atoms with van der Waals surface area (Å²) in [6.07, 6.45) is 0. The van der Waals surface area contributed by atoms with Gasteiger partial charge in [0.05, 0.1) is 12.3 Å². The highest BCUT2D eigenvalue weighted by molar-refractivity contribution is 8.14. The predicted molar refractivity (Wildman–Crippen MR) is 72.4 cm³/mol. The second-order valence-corrected chi connectivity index (χ2v) is 5.14. The molecule has 2 aromatic carbocycles. The van der Waals surface area contributed by atoms with Crippen LogP contribution in [-0.2, 0) is 11.3 Å². The number of hydrogen-bond donors (Lipinski definition) is 0. The van der Waals surface area contributed by atoms with Crippen LogP contribution in [0.2, 0.25) is 0 Å². The second kappa shape index (κ2) is 4.46. The van der Waals surface area contributed by atoms with E-state index in [1.54, 1.807) is 0 Å². The Kier molecular flexibility index (Phi) is 2.80. The summed E-state index contributed by atoms with van der Waals surface area (Å²) in [5, 5.41) is 2.14. The Labute approximate surface area is 109 Å². The van der Waals surface area contributed by atoms with Crippen molar-refractivity contribution in [2.45, 2.75) is 6.54 Å². The fraction of sp³-hybridized carbons (Fsp3) is 0.143. The first-order valence-corrected chi connectivity index (χ1v) is 6.67. The number of benzene rings is 2. The van der Waals surface area contributed by atoms with Crippen LogP contribution in [0.1, 0.15) is 5.56 Å².